The second-order valence-electron chi connectivity index (χ2n) is 6.54. The number of hydrogen-bond donors (Lipinski definition) is 2. The smallest absolute Gasteiger partial charge is 0.242 e. The number of carbonyl (C=O) groups excluding carboxylic acids is 2. The Labute approximate surface area is 161 Å². The third-order valence-corrected chi connectivity index (χ3v) is 4.47. The molecule has 27 heavy (non-hydrogen) atoms. The molecule has 2 rings (SSSR count). The molecule has 2 aromatic carbocycles. The Morgan fingerprint density at radius 3 is 2.19 bits per heavy atom. The number of aryl methyl sites for hydroxylation is 1. The normalized spacial score (nSPS) is 11.6. The van der Waals surface area contributed by atoms with E-state index in [-0.39, 0.29) is 18.4 Å². The van der Waals surface area contributed by atoms with E-state index in [0.29, 0.717) is 32.4 Å². The summed E-state index contributed by atoms with van der Waals surface area (Å²) in [5.41, 5.74) is 2.09. The number of aliphatic hydroxyl groups excluding tert-OH is 1. The van der Waals surface area contributed by atoms with Crippen molar-refractivity contribution < 1.29 is 14.7 Å². The average molecular weight is 368 g/mol. The summed E-state index contributed by atoms with van der Waals surface area (Å²) in [6.45, 7) is 2.57. The zero-order chi connectivity index (χ0) is 19.5. The summed E-state index contributed by atoms with van der Waals surface area (Å²) in [7, 11) is 0. The van der Waals surface area contributed by atoms with Crippen molar-refractivity contribution >= 4 is 11.8 Å². The SMILES string of the molecule is CC(C(=O)NCCCO)N(Cc1ccccc1)C(=O)CCc1ccccc1. The van der Waals surface area contributed by atoms with E-state index in [1.54, 1.807) is 11.8 Å². The predicted octanol–water partition coefficient (Wildman–Crippen LogP) is 2.54. The highest BCUT2D eigenvalue weighted by Crippen LogP contribution is 2.13. The first kappa shape index (κ1) is 20.6. The van der Waals surface area contributed by atoms with Crippen molar-refractivity contribution in [3.05, 3.63) is 71.8 Å². The first-order chi connectivity index (χ1) is 13.1. The average Bonchev–Trinajstić information content (AvgIpc) is 2.71. The van der Waals surface area contributed by atoms with Gasteiger partial charge in [-0.15, -0.1) is 0 Å². The molecule has 0 aliphatic rings. The summed E-state index contributed by atoms with van der Waals surface area (Å²) in [5, 5.41) is 11.7. The van der Waals surface area contributed by atoms with Gasteiger partial charge in [0.25, 0.3) is 0 Å². The molecule has 144 valence electrons. The lowest BCUT2D eigenvalue weighted by molar-refractivity contribution is -0.140. The highest BCUT2D eigenvalue weighted by molar-refractivity contribution is 5.87. The van der Waals surface area contributed by atoms with Gasteiger partial charge in [-0.25, -0.2) is 0 Å². The lowest BCUT2D eigenvalue weighted by Gasteiger charge is -2.29. The number of hydrogen-bond acceptors (Lipinski definition) is 3. The fourth-order valence-electron chi connectivity index (χ4n) is 2.84. The molecule has 1 atom stereocenters. The molecule has 0 saturated carbocycles. The van der Waals surface area contributed by atoms with Gasteiger partial charge in [0.05, 0.1) is 0 Å². The van der Waals surface area contributed by atoms with Crippen LogP contribution in [-0.2, 0) is 22.6 Å². The van der Waals surface area contributed by atoms with Crippen molar-refractivity contribution in [3.8, 4) is 0 Å². The molecule has 2 aromatic rings. The quantitative estimate of drug-likeness (QED) is 0.633. The molecule has 0 bridgehead atoms. The van der Waals surface area contributed by atoms with E-state index >= 15 is 0 Å². The summed E-state index contributed by atoms with van der Waals surface area (Å²) in [5.74, 6) is -0.250. The van der Waals surface area contributed by atoms with E-state index in [2.05, 4.69) is 5.32 Å². The van der Waals surface area contributed by atoms with Crippen LogP contribution in [0.5, 0.6) is 0 Å². The van der Waals surface area contributed by atoms with E-state index < -0.39 is 6.04 Å². The Kier molecular flexibility index (Phi) is 8.52. The van der Waals surface area contributed by atoms with Crippen LogP contribution < -0.4 is 5.32 Å². The molecular weight excluding hydrogens is 340 g/mol. The standard InChI is InChI=1S/C22H28N2O3/c1-18(22(27)23-15-8-16-25)24(17-20-11-6-3-7-12-20)21(26)14-13-19-9-4-2-5-10-19/h2-7,9-12,18,25H,8,13-17H2,1H3,(H,23,27). The van der Waals surface area contributed by atoms with Gasteiger partial charge in [0, 0.05) is 26.1 Å². The molecule has 5 nitrogen and oxygen atoms in total. The van der Waals surface area contributed by atoms with Gasteiger partial charge in [0.2, 0.25) is 11.8 Å². The number of benzene rings is 2. The second kappa shape index (κ2) is 11.1. The molecule has 0 heterocycles. The van der Waals surface area contributed by atoms with E-state index in [9.17, 15) is 9.59 Å². The molecular formula is C22H28N2O3. The van der Waals surface area contributed by atoms with Crippen LogP contribution in [0, 0.1) is 0 Å². The van der Waals surface area contributed by atoms with Crippen LogP contribution in [-0.4, -0.2) is 41.0 Å². The molecule has 1 unspecified atom stereocenters. The number of rotatable bonds is 10. The Hall–Kier alpha value is -2.66. The van der Waals surface area contributed by atoms with Crippen LogP contribution in [0.2, 0.25) is 0 Å². The molecule has 0 aliphatic heterocycles. The van der Waals surface area contributed by atoms with Crippen LogP contribution >= 0.6 is 0 Å². The lowest BCUT2D eigenvalue weighted by atomic mass is 10.1. The predicted molar refractivity (Wildman–Crippen MR) is 106 cm³/mol. The molecule has 0 spiro atoms. The monoisotopic (exact) mass is 368 g/mol. The Morgan fingerprint density at radius 1 is 1.00 bits per heavy atom. The minimum Gasteiger partial charge on any atom is -0.396 e. The summed E-state index contributed by atoms with van der Waals surface area (Å²) in [6, 6.07) is 19.0. The van der Waals surface area contributed by atoms with Gasteiger partial charge in [-0.05, 0) is 30.9 Å². The van der Waals surface area contributed by atoms with Crippen LogP contribution in [0.25, 0.3) is 0 Å². The van der Waals surface area contributed by atoms with Gasteiger partial charge < -0.3 is 15.3 Å². The third kappa shape index (κ3) is 6.87. The van der Waals surface area contributed by atoms with E-state index in [1.807, 2.05) is 60.7 Å². The summed E-state index contributed by atoms with van der Waals surface area (Å²) < 4.78 is 0. The molecule has 2 N–H and O–H groups in total. The summed E-state index contributed by atoms with van der Waals surface area (Å²) >= 11 is 0. The maximum atomic E-state index is 12.9. The summed E-state index contributed by atoms with van der Waals surface area (Å²) in [6.07, 6.45) is 1.49. The van der Waals surface area contributed by atoms with Crippen LogP contribution in [0.3, 0.4) is 0 Å². The second-order valence-corrected chi connectivity index (χ2v) is 6.54. The van der Waals surface area contributed by atoms with E-state index in [1.165, 1.54) is 0 Å². The number of amides is 2. The van der Waals surface area contributed by atoms with Gasteiger partial charge >= 0.3 is 0 Å². The van der Waals surface area contributed by atoms with Gasteiger partial charge in [0.15, 0.2) is 0 Å². The van der Waals surface area contributed by atoms with Gasteiger partial charge in [-0.1, -0.05) is 60.7 Å². The minimum absolute atomic E-state index is 0.0262. The molecule has 0 aliphatic carbocycles. The van der Waals surface area contributed by atoms with Gasteiger partial charge in [-0.2, -0.15) is 0 Å². The number of nitrogens with one attached hydrogen (secondary N) is 1. The van der Waals surface area contributed by atoms with Crippen molar-refractivity contribution in [2.45, 2.75) is 38.8 Å². The minimum atomic E-state index is -0.577. The van der Waals surface area contributed by atoms with Crippen LogP contribution in [0.4, 0.5) is 0 Å². The van der Waals surface area contributed by atoms with Crippen molar-refractivity contribution in [1.82, 2.24) is 10.2 Å². The van der Waals surface area contributed by atoms with Crippen LogP contribution in [0.15, 0.2) is 60.7 Å². The number of aliphatic hydroxyl groups is 1. The zero-order valence-corrected chi connectivity index (χ0v) is 15.8. The lowest BCUT2D eigenvalue weighted by Crippen LogP contribution is -2.47. The molecule has 2 amide bonds. The first-order valence-electron chi connectivity index (χ1n) is 9.37. The maximum absolute atomic E-state index is 12.9. The molecule has 0 aromatic heterocycles. The highest BCUT2D eigenvalue weighted by Gasteiger charge is 2.25. The maximum Gasteiger partial charge on any atom is 0.242 e. The van der Waals surface area contributed by atoms with Crippen molar-refractivity contribution in [2.24, 2.45) is 0 Å². The molecule has 0 radical (unpaired) electrons. The van der Waals surface area contributed by atoms with E-state index in [0.717, 1.165) is 11.1 Å². The molecule has 5 heteroatoms. The fourth-order valence-corrected chi connectivity index (χ4v) is 2.84. The van der Waals surface area contributed by atoms with Crippen molar-refractivity contribution in [1.29, 1.82) is 0 Å². The molecule has 0 fully saturated rings. The zero-order valence-electron chi connectivity index (χ0n) is 15.8. The van der Waals surface area contributed by atoms with Crippen molar-refractivity contribution in [2.75, 3.05) is 13.2 Å². The highest BCUT2D eigenvalue weighted by atomic mass is 16.3. The Bertz CT molecular complexity index is 704. The Morgan fingerprint density at radius 2 is 1.59 bits per heavy atom. The van der Waals surface area contributed by atoms with E-state index in [4.69, 9.17) is 5.11 Å². The topological polar surface area (TPSA) is 69.6 Å². The Balaban J connectivity index is 2.05. The first-order valence-corrected chi connectivity index (χ1v) is 9.37. The van der Waals surface area contributed by atoms with Gasteiger partial charge in [0.1, 0.15) is 6.04 Å². The van der Waals surface area contributed by atoms with Gasteiger partial charge in [-0.3, -0.25) is 9.59 Å². The largest absolute Gasteiger partial charge is 0.396 e. The van der Waals surface area contributed by atoms with Crippen molar-refractivity contribution in [3.63, 3.8) is 0 Å². The fraction of sp³-hybridized carbons (Fsp3) is 0.364. The molecule has 0 saturated heterocycles. The number of nitrogens with zero attached hydrogens (tertiary/aromatic N) is 1. The third-order valence-electron chi connectivity index (χ3n) is 4.47. The summed E-state index contributed by atoms with van der Waals surface area (Å²) in [4.78, 5) is 27.0. The van der Waals surface area contributed by atoms with Crippen LogP contribution in [0.1, 0.15) is 30.9 Å². The number of carbonyl (C=O) groups is 2.